The average molecular weight is 403 g/mol. The lowest BCUT2D eigenvalue weighted by atomic mass is 10.1. The van der Waals surface area contributed by atoms with Gasteiger partial charge >= 0.3 is 12.1 Å². The number of carboxylic acid groups (broad SMARTS) is 1. The minimum atomic E-state index is -5.08. The number of aliphatic carboxylic acids is 1. The third-order valence-corrected chi connectivity index (χ3v) is 4.35. The number of rotatable bonds is 4. The molecule has 0 atom stereocenters. The highest BCUT2D eigenvalue weighted by Gasteiger charge is 2.38. The first kappa shape index (κ1) is 22.6. The summed E-state index contributed by atoms with van der Waals surface area (Å²) in [7, 11) is 1.82. The van der Waals surface area contributed by atoms with Crippen LogP contribution in [-0.2, 0) is 11.3 Å². The first-order valence-electron chi connectivity index (χ1n) is 7.67. The molecular formula is C17H20F3N3O3S. The largest absolute Gasteiger partial charge is 0.490 e. The van der Waals surface area contributed by atoms with E-state index in [4.69, 9.17) is 9.90 Å². The molecule has 0 saturated heterocycles. The topological polar surface area (TPSA) is 86.3 Å². The van der Waals surface area contributed by atoms with Crippen LogP contribution in [0.3, 0.4) is 0 Å². The van der Waals surface area contributed by atoms with Gasteiger partial charge in [0.05, 0.1) is 5.69 Å². The fraction of sp³-hybridized carbons (Fsp3) is 0.353. The van der Waals surface area contributed by atoms with Gasteiger partial charge in [-0.05, 0) is 44.4 Å². The number of nitrogens with zero attached hydrogens (tertiary/aromatic N) is 2. The molecule has 0 aliphatic heterocycles. The summed E-state index contributed by atoms with van der Waals surface area (Å²) in [6.45, 7) is 4.49. The molecule has 0 fully saturated rings. The van der Waals surface area contributed by atoms with E-state index in [2.05, 4.69) is 10.2 Å². The first-order valence-corrected chi connectivity index (χ1v) is 8.90. The van der Waals surface area contributed by atoms with Crippen LogP contribution < -0.4 is 0 Å². The molecule has 1 aromatic carbocycles. The Morgan fingerprint density at radius 1 is 1.22 bits per heavy atom. The molecule has 6 nitrogen and oxygen atoms in total. The van der Waals surface area contributed by atoms with Crippen molar-refractivity contribution in [3.8, 4) is 0 Å². The zero-order valence-electron chi connectivity index (χ0n) is 15.2. The number of alkyl halides is 3. The fourth-order valence-electron chi connectivity index (χ4n) is 2.07. The average Bonchev–Trinajstić information content (AvgIpc) is 2.92. The number of aromatic amines is 1. The van der Waals surface area contributed by atoms with Gasteiger partial charge in [0.15, 0.2) is 0 Å². The summed E-state index contributed by atoms with van der Waals surface area (Å²) in [5.74, 6) is -2.73. The lowest BCUT2D eigenvalue weighted by Gasteiger charge is -2.17. The zero-order chi connectivity index (χ0) is 20.8. The Morgan fingerprint density at radius 3 is 2.11 bits per heavy atom. The number of hydrogen-bond donors (Lipinski definition) is 2. The van der Waals surface area contributed by atoms with Crippen LogP contribution in [0.4, 0.5) is 13.2 Å². The summed E-state index contributed by atoms with van der Waals surface area (Å²) in [5, 5.41) is 14.2. The van der Waals surface area contributed by atoms with Crippen LogP contribution >= 0.6 is 11.8 Å². The number of carbonyl (C=O) groups excluding carboxylic acids is 1. The molecule has 1 amide bonds. The second-order valence-corrected chi connectivity index (χ2v) is 6.48. The number of H-pyrrole nitrogens is 1. The molecule has 2 aromatic rings. The molecule has 148 valence electrons. The van der Waals surface area contributed by atoms with E-state index in [1.54, 1.807) is 16.7 Å². The molecule has 0 aliphatic rings. The van der Waals surface area contributed by atoms with E-state index in [1.807, 2.05) is 51.4 Å². The Balaban J connectivity index is 0.000000445. The molecule has 0 unspecified atom stereocenters. The SMILES string of the molecule is CSc1ccc(C(=O)N(C)Cc2c(C)n[nH]c2C)cc1.O=C(O)C(F)(F)F. The number of aryl methyl sites for hydroxylation is 2. The number of benzene rings is 1. The van der Waals surface area contributed by atoms with Gasteiger partial charge in [0.2, 0.25) is 0 Å². The molecule has 27 heavy (non-hydrogen) atoms. The second kappa shape index (κ2) is 9.45. The molecule has 0 aliphatic carbocycles. The lowest BCUT2D eigenvalue weighted by molar-refractivity contribution is -0.192. The summed E-state index contributed by atoms with van der Waals surface area (Å²) >= 11 is 1.67. The van der Waals surface area contributed by atoms with Crippen molar-refractivity contribution in [1.82, 2.24) is 15.1 Å². The van der Waals surface area contributed by atoms with Gasteiger partial charge in [-0.3, -0.25) is 9.89 Å². The van der Waals surface area contributed by atoms with Crippen LogP contribution in [-0.4, -0.2) is 51.6 Å². The Kier molecular flexibility index (Phi) is 7.89. The summed E-state index contributed by atoms with van der Waals surface area (Å²) in [4.78, 5) is 24.2. The summed E-state index contributed by atoms with van der Waals surface area (Å²) < 4.78 is 31.7. The number of aromatic nitrogens is 2. The Bertz CT molecular complexity index is 769. The van der Waals surface area contributed by atoms with Gasteiger partial charge in [0.25, 0.3) is 5.91 Å². The maximum absolute atomic E-state index is 12.4. The Morgan fingerprint density at radius 2 is 1.74 bits per heavy atom. The van der Waals surface area contributed by atoms with Crippen molar-refractivity contribution in [2.75, 3.05) is 13.3 Å². The van der Waals surface area contributed by atoms with E-state index in [1.165, 1.54) is 0 Å². The van der Waals surface area contributed by atoms with Crippen LogP contribution in [0.5, 0.6) is 0 Å². The van der Waals surface area contributed by atoms with E-state index in [0.717, 1.165) is 21.8 Å². The molecule has 0 spiro atoms. The maximum atomic E-state index is 12.4. The predicted octanol–water partition coefficient (Wildman–Crippen LogP) is 3.65. The number of thioether (sulfide) groups is 1. The van der Waals surface area contributed by atoms with Crippen molar-refractivity contribution in [3.05, 3.63) is 46.8 Å². The van der Waals surface area contributed by atoms with E-state index in [9.17, 15) is 18.0 Å². The third-order valence-electron chi connectivity index (χ3n) is 3.60. The van der Waals surface area contributed by atoms with Crippen LogP contribution in [0.25, 0.3) is 0 Å². The monoisotopic (exact) mass is 403 g/mol. The van der Waals surface area contributed by atoms with Gasteiger partial charge in [0.1, 0.15) is 0 Å². The molecule has 1 heterocycles. The minimum Gasteiger partial charge on any atom is -0.475 e. The fourth-order valence-corrected chi connectivity index (χ4v) is 2.48. The van der Waals surface area contributed by atoms with Gasteiger partial charge in [-0.25, -0.2) is 4.79 Å². The van der Waals surface area contributed by atoms with Crippen molar-refractivity contribution in [2.45, 2.75) is 31.5 Å². The van der Waals surface area contributed by atoms with Gasteiger partial charge < -0.3 is 10.0 Å². The third kappa shape index (κ3) is 6.63. The van der Waals surface area contributed by atoms with E-state index in [0.29, 0.717) is 12.1 Å². The zero-order valence-corrected chi connectivity index (χ0v) is 16.0. The molecule has 0 saturated carbocycles. The van der Waals surface area contributed by atoms with E-state index in [-0.39, 0.29) is 5.91 Å². The molecule has 0 bridgehead atoms. The van der Waals surface area contributed by atoms with Gasteiger partial charge in [-0.15, -0.1) is 11.8 Å². The number of nitrogens with one attached hydrogen (secondary N) is 1. The summed E-state index contributed by atoms with van der Waals surface area (Å²) in [5.41, 5.74) is 3.76. The minimum absolute atomic E-state index is 0.0256. The molecule has 10 heteroatoms. The van der Waals surface area contributed by atoms with Gasteiger partial charge in [-0.2, -0.15) is 18.3 Å². The highest BCUT2D eigenvalue weighted by Crippen LogP contribution is 2.17. The molecule has 2 rings (SSSR count). The van der Waals surface area contributed by atoms with Crippen molar-refractivity contribution in [1.29, 1.82) is 0 Å². The quantitative estimate of drug-likeness (QED) is 0.761. The van der Waals surface area contributed by atoms with Crippen molar-refractivity contribution < 1.29 is 27.9 Å². The highest BCUT2D eigenvalue weighted by molar-refractivity contribution is 7.98. The first-order chi connectivity index (χ1) is 12.5. The Hall–Kier alpha value is -2.49. The number of hydrogen-bond acceptors (Lipinski definition) is 4. The van der Waals surface area contributed by atoms with Crippen molar-refractivity contribution in [3.63, 3.8) is 0 Å². The van der Waals surface area contributed by atoms with Crippen LogP contribution in [0.2, 0.25) is 0 Å². The predicted molar refractivity (Wildman–Crippen MR) is 95.8 cm³/mol. The van der Waals surface area contributed by atoms with Crippen LogP contribution in [0.1, 0.15) is 27.3 Å². The van der Waals surface area contributed by atoms with Crippen LogP contribution in [0, 0.1) is 13.8 Å². The molecule has 2 N–H and O–H groups in total. The number of amides is 1. The van der Waals surface area contributed by atoms with Gasteiger partial charge in [-0.1, -0.05) is 0 Å². The second-order valence-electron chi connectivity index (χ2n) is 5.61. The highest BCUT2D eigenvalue weighted by atomic mass is 32.2. The van der Waals surface area contributed by atoms with E-state index >= 15 is 0 Å². The smallest absolute Gasteiger partial charge is 0.475 e. The van der Waals surface area contributed by atoms with E-state index < -0.39 is 12.1 Å². The normalized spacial score (nSPS) is 10.8. The summed E-state index contributed by atoms with van der Waals surface area (Å²) in [6, 6.07) is 7.69. The number of carboxylic acids is 1. The Labute approximate surface area is 158 Å². The standard InChI is InChI=1S/C15H19N3OS.C2HF3O2/c1-10-14(11(2)17-16-10)9-18(3)15(19)12-5-7-13(20-4)8-6-12;3-2(4,5)1(6)7/h5-8H,9H2,1-4H3,(H,16,17);(H,6,7). The number of halogens is 3. The molecular weight excluding hydrogens is 383 g/mol. The maximum Gasteiger partial charge on any atom is 0.490 e. The molecule has 0 radical (unpaired) electrons. The lowest BCUT2D eigenvalue weighted by Crippen LogP contribution is -2.26. The van der Waals surface area contributed by atoms with Gasteiger partial charge in [0, 0.05) is 35.3 Å². The van der Waals surface area contributed by atoms with Crippen molar-refractivity contribution in [2.24, 2.45) is 0 Å². The van der Waals surface area contributed by atoms with Crippen LogP contribution in [0.15, 0.2) is 29.2 Å². The molecule has 1 aromatic heterocycles. The van der Waals surface area contributed by atoms with Crippen molar-refractivity contribution >= 4 is 23.6 Å². The summed E-state index contributed by atoms with van der Waals surface area (Å²) in [6.07, 6.45) is -3.06. The number of carbonyl (C=O) groups is 2.